The minimum atomic E-state index is -5.85. The Morgan fingerprint density at radius 2 is 1.71 bits per heavy atom. The smallest absolute Gasteiger partial charge is 0.421 e. The molecule has 132 valence electrons. The lowest BCUT2D eigenvalue weighted by Gasteiger charge is -2.41. The zero-order valence-corrected chi connectivity index (χ0v) is 12.4. The summed E-state index contributed by atoms with van der Waals surface area (Å²) in [7, 11) is 0.713. The molecule has 0 saturated heterocycles. The zero-order chi connectivity index (χ0) is 18.3. The number of benzene rings is 1. The molecule has 1 aliphatic heterocycles. The maximum Gasteiger partial charge on any atom is 0.421 e. The van der Waals surface area contributed by atoms with E-state index in [4.69, 9.17) is 0 Å². The van der Waals surface area contributed by atoms with Crippen molar-refractivity contribution in [3.8, 4) is 0 Å². The van der Waals surface area contributed by atoms with Gasteiger partial charge in [0.1, 0.15) is 5.92 Å². The van der Waals surface area contributed by atoms with Crippen LogP contribution in [0.15, 0.2) is 29.3 Å². The van der Waals surface area contributed by atoms with Crippen molar-refractivity contribution in [3.63, 3.8) is 0 Å². The Balaban J connectivity index is 2.86. The van der Waals surface area contributed by atoms with E-state index in [1.54, 1.807) is 0 Å². The topological polar surface area (TPSA) is 50.7 Å². The summed E-state index contributed by atoms with van der Waals surface area (Å²) < 4.78 is 86.1. The first kappa shape index (κ1) is 18.1. The molecule has 1 heterocycles. The van der Waals surface area contributed by atoms with Crippen molar-refractivity contribution >= 4 is 23.1 Å². The average Bonchev–Trinajstić information content (AvgIpc) is 2.59. The van der Waals surface area contributed by atoms with Gasteiger partial charge in [-0.1, -0.05) is 12.1 Å². The van der Waals surface area contributed by atoms with Crippen LogP contribution < -0.4 is 5.32 Å². The Kier molecular flexibility index (Phi) is 4.28. The monoisotopic (exact) mass is 354 g/mol. The number of methoxy groups -OCH3 is 1. The number of hydrogen-bond donors (Lipinski definition) is 1. The Hall–Kier alpha value is -2.26. The second kappa shape index (κ2) is 5.67. The first-order valence-electron chi connectivity index (χ1n) is 6.59. The predicted octanol–water partition coefficient (Wildman–Crippen LogP) is 3.86. The maximum absolute atomic E-state index is 13.6. The van der Waals surface area contributed by atoms with Gasteiger partial charge in [-0.3, -0.25) is 9.79 Å². The highest BCUT2D eigenvalue weighted by Crippen LogP contribution is 2.52. The number of fused-ring (bicyclic) bond motifs is 1. The Bertz CT molecular complexity index is 667. The molecular weight excluding hydrogens is 342 g/mol. The van der Waals surface area contributed by atoms with Gasteiger partial charge < -0.3 is 10.1 Å². The molecule has 24 heavy (non-hydrogen) atoms. The van der Waals surface area contributed by atoms with Crippen LogP contribution in [0.25, 0.3) is 0 Å². The van der Waals surface area contributed by atoms with Crippen molar-refractivity contribution in [1.82, 2.24) is 0 Å². The number of aliphatic imine (C=N–C) groups is 1. The van der Waals surface area contributed by atoms with Crippen LogP contribution in [0.4, 0.5) is 37.7 Å². The van der Waals surface area contributed by atoms with E-state index >= 15 is 0 Å². The van der Waals surface area contributed by atoms with Crippen LogP contribution in [0, 0.1) is 5.92 Å². The summed E-state index contributed by atoms with van der Waals surface area (Å²) in [5.74, 6) is -4.42. The van der Waals surface area contributed by atoms with E-state index in [2.05, 4.69) is 9.73 Å². The number of carbonyl (C=O) groups is 1. The molecule has 4 nitrogen and oxygen atoms in total. The fourth-order valence-corrected chi connectivity index (χ4v) is 2.62. The lowest BCUT2D eigenvalue weighted by Crippen LogP contribution is -2.69. The van der Waals surface area contributed by atoms with E-state index in [1.807, 2.05) is 0 Å². The number of para-hydroxylation sites is 2. The van der Waals surface area contributed by atoms with Crippen molar-refractivity contribution in [3.05, 3.63) is 24.3 Å². The average molecular weight is 354 g/mol. The molecule has 2 rings (SSSR count). The van der Waals surface area contributed by atoms with Gasteiger partial charge in [-0.25, -0.2) is 0 Å². The molecule has 1 aliphatic rings. The minimum Gasteiger partial charge on any atom is -0.468 e. The van der Waals surface area contributed by atoms with Crippen molar-refractivity contribution in [2.24, 2.45) is 10.9 Å². The number of carbonyl (C=O) groups excluding carboxylic acids is 1. The van der Waals surface area contributed by atoms with E-state index in [0.29, 0.717) is 7.11 Å². The molecule has 0 fully saturated rings. The Labute approximate surface area is 132 Å². The molecular formula is C14H12F6N2O2. The second-order valence-electron chi connectivity index (χ2n) is 5.16. The van der Waals surface area contributed by atoms with E-state index in [1.165, 1.54) is 23.5 Å². The third kappa shape index (κ3) is 2.59. The van der Waals surface area contributed by atoms with E-state index in [0.717, 1.165) is 13.0 Å². The molecule has 0 radical (unpaired) electrons. The van der Waals surface area contributed by atoms with Crippen LogP contribution in [0.5, 0.6) is 0 Å². The minimum absolute atomic E-state index is 0.140. The highest BCUT2D eigenvalue weighted by Gasteiger charge is 2.77. The number of anilines is 1. The van der Waals surface area contributed by atoms with Crippen molar-refractivity contribution < 1.29 is 35.9 Å². The van der Waals surface area contributed by atoms with Crippen molar-refractivity contribution in [1.29, 1.82) is 0 Å². The van der Waals surface area contributed by atoms with E-state index < -0.39 is 41.2 Å². The Morgan fingerprint density at radius 1 is 1.17 bits per heavy atom. The summed E-state index contributed by atoms with van der Waals surface area (Å²) in [5, 5.41) is 1.48. The number of halogens is 6. The van der Waals surface area contributed by atoms with Crippen LogP contribution in [-0.2, 0) is 9.53 Å². The lowest BCUT2D eigenvalue weighted by molar-refractivity contribution is -0.296. The molecule has 1 aromatic carbocycles. The highest BCUT2D eigenvalue weighted by molar-refractivity contribution is 6.05. The largest absolute Gasteiger partial charge is 0.468 e. The number of rotatable bonds is 1. The number of esters is 1. The number of hydrogen-bond acceptors (Lipinski definition) is 4. The molecule has 0 saturated carbocycles. The molecule has 1 N–H and O–H groups in total. The summed E-state index contributed by atoms with van der Waals surface area (Å²) in [6.45, 7) is 0.928. The fourth-order valence-electron chi connectivity index (χ4n) is 2.62. The summed E-state index contributed by atoms with van der Waals surface area (Å²) >= 11 is 0. The predicted molar refractivity (Wildman–Crippen MR) is 73.2 cm³/mol. The molecule has 0 amide bonds. The van der Waals surface area contributed by atoms with Crippen LogP contribution >= 0.6 is 0 Å². The van der Waals surface area contributed by atoms with Crippen molar-refractivity contribution in [2.45, 2.75) is 24.8 Å². The number of nitrogens with one attached hydrogen (secondary N) is 1. The van der Waals surface area contributed by atoms with Gasteiger partial charge in [0, 0.05) is 5.71 Å². The first-order valence-corrected chi connectivity index (χ1v) is 6.59. The second-order valence-corrected chi connectivity index (χ2v) is 5.16. The first-order chi connectivity index (χ1) is 11.0. The van der Waals surface area contributed by atoms with Crippen molar-refractivity contribution in [2.75, 3.05) is 12.4 Å². The number of alkyl halides is 6. The Morgan fingerprint density at radius 3 is 2.21 bits per heavy atom. The molecule has 10 heteroatoms. The van der Waals surface area contributed by atoms with Crippen LogP contribution in [0.1, 0.15) is 6.92 Å². The van der Waals surface area contributed by atoms with Crippen LogP contribution in [-0.4, -0.2) is 36.7 Å². The van der Waals surface area contributed by atoms with Crippen LogP contribution in [0.3, 0.4) is 0 Å². The van der Waals surface area contributed by atoms with E-state index in [-0.39, 0.29) is 5.69 Å². The highest BCUT2D eigenvalue weighted by atomic mass is 19.4. The van der Waals surface area contributed by atoms with Crippen LogP contribution in [0.2, 0.25) is 0 Å². The fraction of sp³-hybridized carbons (Fsp3) is 0.429. The summed E-state index contributed by atoms with van der Waals surface area (Å²) in [6, 6.07) is 4.92. The van der Waals surface area contributed by atoms with Gasteiger partial charge >= 0.3 is 18.3 Å². The summed E-state index contributed by atoms with van der Waals surface area (Å²) in [4.78, 5) is 15.6. The van der Waals surface area contributed by atoms with Gasteiger partial charge in [-0.2, -0.15) is 26.3 Å². The molecule has 0 aliphatic carbocycles. The molecule has 1 unspecified atom stereocenters. The van der Waals surface area contributed by atoms with Gasteiger partial charge in [0.25, 0.3) is 0 Å². The number of nitrogens with zero attached hydrogens (tertiary/aromatic N) is 1. The van der Waals surface area contributed by atoms with Gasteiger partial charge in [0.05, 0.1) is 18.5 Å². The van der Waals surface area contributed by atoms with Gasteiger partial charge in [-0.05, 0) is 19.1 Å². The summed E-state index contributed by atoms with van der Waals surface area (Å²) in [5.41, 5.74) is -5.85. The zero-order valence-electron chi connectivity index (χ0n) is 12.4. The lowest BCUT2D eigenvalue weighted by atomic mass is 9.79. The summed E-state index contributed by atoms with van der Waals surface area (Å²) in [6.07, 6.45) is -11.7. The SMILES string of the molecule is COC(=O)C1C(C)=Nc2ccccc2NC1(C(F)(F)F)C(F)(F)F. The van der Waals surface area contributed by atoms with Gasteiger partial charge in [0.15, 0.2) is 0 Å². The molecule has 1 atom stereocenters. The maximum atomic E-state index is 13.6. The molecule has 0 spiro atoms. The standard InChI is InChI=1S/C14H12F6N2O2/c1-7-10(11(23)24-2)12(13(15,16)17,14(18,19)20)22-9-6-4-3-5-8(9)21-7/h3-6,10,22H,1-2H3. The van der Waals surface area contributed by atoms with E-state index in [9.17, 15) is 31.1 Å². The quantitative estimate of drug-likeness (QED) is 0.616. The third-order valence-corrected chi connectivity index (χ3v) is 3.71. The normalized spacial score (nSPS) is 20.3. The molecule has 0 aromatic heterocycles. The number of ether oxygens (including phenoxy) is 1. The van der Waals surface area contributed by atoms with Gasteiger partial charge in [0.2, 0.25) is 5.54 Å². The van der Waals surface area contributed by atoms with Gasteiger partial charge in [-0.15, -0.1) is 0 Å². The third-order valence-electron chi connectivity index (χ3n) is 3.71. The molecule has 0 bridgehead atoms. The molecule has 1 aromatic rings.